The van der Waals surface area contributed by atoms with Crippen LogP contribution in [0.2, 0.25) is 0 Å². The van der Waals surface area contributed by atoms with Crippen LogP contribution in [0, 0.1) is 11.8 Å². The van der Waals surface area contributed by atoms with Gasteiger partial charge in [-0.25, -0.2) is 0 Å². The monoisotopic (exact) mass is 158 g/mol. The van der Waals surface area contributed by atoms with E-state index in [4.69, 9.17) is 4.74 Å². The summed E-state index contributed by atoms with van der Waals surface area (Å²) < 4.78 is 5.47. The van der Waals surface area contributed by atoms with Gasteiger partial charge < -0.3 is 9.84 Å². The minimum absolute atomic E-state index is 0.245. The summed E-state index contributed by atoms with van der Waals surface area (Å²) in [4.78, 5) is 0. The van der Waals surface area contributed by atoms with Gasteiger partial charge in [0.25, 0.3) is 0 Å². The van der Waals surface area contributed by atoms with Crippen LogP contribution in [0.3, 0.4) is 0 Å². The highest BCUT2D eigenvalue weighted by molar-refractivity contribution is 4.76. The van der Waals surface area contributed by atoms with E-state index in [1.54, 1.807) is 0 Å². The van der Waals surface area contributed by atoms with E-state index in [2.05, 4.69) is 20.8 Å². The Labute approximate surface area is 68.6 Å². The van der Waals surface area contributed by atoms with Gasteiger partial charge in [-0.1, -0.05) is 20.8 Å². The summed E-state index contributed by atoms with van der Waals surface area (Å²) in [7, 11) is 0. The molecular formula is C9H18O2. The maximum absolute atomic E-state index is 9.35. The first-order chi connectivity index (χ1) is 5.11. The maximum Gasteiger partial charge on any atom is 0.0800 e. The normalized spacial score (nSPS) is 39.5. The third kappa shape index (κ3) is 2.17. The molecule has 0 aromatic carbocycles. The first-order valence-electron chi connectivity index (χ1n) is 4.41. The van der Waals surface area contributed by atoms with Crippen LogP contribution >= 0.6 is 0 Å². The highest BCUT2D eigenvalue weighted by atomic mass is 16.5. The number of aliphatic hydroxyl groups excluding tert-OH is 1. The molecule has 0 spiro atoms. The van der Waals surface area contributed by atoms with Crippen LogP contribution in [0.25, 0.3) is 0 Å². The summed E-state index contributed by atoms with van der Waals surface area (Å²) in [6.45, 7) is 6.93. The highest BCUT2D eigenvalue weighted by Crippen LogP contribution is 2.24. The van der Waals surface area contributed by atoms with Gasteiger partial charge in [-0.3, -0.25) is 0 Å². The molecule has 1 aliphatic heterocycles. The minimum Gasteiger partial charge on any atom is -0.390 e. The first-order valence-corrected chi connectivity index (χ1v) is 4.41. The van der Waals surface area contributed by atoms with Crippen LogP contribution < -0.4 is 0 Å². The molecule has 1 saturated heterocycles. The van der Waals surface area contributed by atoms with Gasteiger partial charge in [0.15, 0.2) is 0 Å². The fourth-order valence-corrected chi connectivity index (χ4v) is 1.44. The smallest absolute Gasteiger partial charge is 0.0800 e. The molecular weight excluding hydrogens is 140 g/mol. The van der Waals surface area contributed by atoms with Crippen LogP contribution in [0.15, 0.2) is 0 Å². The molecule has 0 aliphatic carbocycles. The van der Waals surface area contributed by atoms with Crippen LogP contribution in [-0.2, 0) is 4.74 Å². The third-order valence-electron chi connectivity index (χ3n) is 2.49. The van der Waals surface area contributed by atoms with E-state index in [1.165, 1.54) is 0 Å². The molecule has 1 N–H and O–H groups in total. The van der Waals surface area contributed by atoms with Crippen molar-refractivity contribution in [2.24, 2.45) is 11.8 Å². The van der Waals surface area contributed by atoms with Crippen LogP contribution in [0.4, 0.5) is 0 Å². The van der Waals surface area contributed by atoms with E-state index in [9.17, 15) is 5.11 Å². The minimum atomic E-state index is -0.245. The zero-order chi connectivity index (χ0) is 8.43. The average molecular weight is 158 g/mol. The van der Waals surface area contributed by atoms with Gasteiger partial charge in [-0.2, -0.15) is 0 Å². The van der Waals surface area contributed by atoms with E-state index in [0.29, 0.717) is 24.5 Å². The van der Waals surface area contributed by atoms with Gasteiger partial charge in [0, 0.05) is 0 Å². The SMILES string of the molecule is CC1C[C@H](C(C)C)OC[C@H]1O. The first kappa shape index (κ1) is 9.01. The second-order valence-electron chi connectivity index (χ2n) is 3.90. The largest absolute Gasteiger partial charge is 0.390 e. The lowest BCUT2D eigenvalue weighted by molar-refractivity contribution is -0.0985. The Kier molecular flexibility index (Phi) is 2.90. The lowest BCUT2D eigenvalue weighted by atomic mass is 9.90. The van der Waals surface area contributed by atoms with Crippen molar-refractivity contribution in [3.63, 3.8) is 0 Å². The molecule has 0 radical (unpaired) electrons. The quantitative estimate of drug-likeness (QED) is 0.625. The third-order valence-corrected chi connectivity index (χ3v) is 2.49. The Balaban J connectivity index is 2.40. The molecule has 3 atom stereocenters. The molecule has 1 heterocycles. The maximum atomic E-state index is 9.35. The number of hydrogen-bond acceptors (Lipinski definition) is 2. The summed E-state index contributed by atoms with van der Waals surface area (Å²) in [6.07, 6.45) is 1.11. The summed E-state index contributed by atoms with van der Waals surface area (Å²) >= 11 is 0. The summed E-state index contributed by atoms with van der Waals surface area (Å²) in [5.74, 6) is 0.973. The molecule has 0 saturated carbocycles. The van der Waals surface area contributed by atoms with Gasteiger partial charge >= 0.3 is 0 Å². The van der Waals surface area contributed by atoms with Crippen molar-refractivity contribution in [2.75, 3.05) is 6.61 Å². The lowest BCUT2D eigenvalue weighted by Crippen LogP contribution is -2.38. The van der Waals surface area contributed by atoms with Crippen molar-refractivity contribution in [3.05, 3.63) is 0 Å². The molecule has 0 aromatic heterocycles. The summed E-state index contributed by atoms with van der Waals surface area (Å²) in [5.41, 5.74) is 0. The Hall–Kier alpha value is -0.0800. The van der Waals surface area contributed by atoms with E-state index in [1.807, 2.05) is 0 Å². The summed E-state index contributed by atoms with van der Waals surface area (Å²) in [6, 6.07) is 0. The molecule has 0 aromatic rings. The number of ether oxygens (including phenoxy) is 1. The molecule has 1 rings (SSSR count). The molecule has 1 fully saturated rings. The molecule has 0 bridgehead atoms. The van der Waals surface area contributed by atoms with Crippen LogP contribution in [0.1, 0.15) is 27.2 Å². The van der Waals surface area contributed by atoms with E-state index in [0.717, 1.165) is 6.42 Å². The topological polar surface area (TPSA) is 29.5 Å². The zero-order valence-electron chi connectivity index (χ0n) is 7.58. The zero-order valence-corrected chi connectivity index (χ0v) is 7.58. The van der Waals surface area contributed by atoms with Gasteiger partial charge in [0.1, 0.15) is 0 Å². The second kappa shape index (κ2) is 3.55. The molecule has 2 heteroatoms. The molecule has 0 amide bonds. The Morgan fingerprint density at radius 3 is 2.55 bits per heavy atom. The molecule has 1 unspecified atom stereocenters. The second-order valence-corrected chi connectivity index (χ2v) is 3.90. The fraction of sp³-hybridized carbons (Fsp3) is 1.00. The molecule has 11 heavy (non-hydrogen) atoms. The van der Waals surface area contributed by atoms with Crippen molar-refractivity contribution in [1.29, 1.82) is 0 Å². The predicted molar refractivity (Wildman–Crippen MR) is 44.4 cm³/mol. The number of hydrogen-bond donors (Lipinski definition) is 1. The molecule has 66 valence electrons. The Morgan fingerprint density at radius 2 is 2.09 bits per heavy atom. The Morgan fingerprint density at radius 1 is 1.45 bits per heavy atom. The van der Waals surface area contributed by atoms with E-state index >= 15 is 0 Å². The molecule has 1 aliphatic rings. The van der Waals surface area contributed by atoms with Gasteiger partial charge in [-0.05, 0) is 18.3 Å². The van der Waals surface area contributed by atoms with Gasteiger partial charge in [-0.15, -0.1) is 0 Å². The van der Waals surface area contributed by atoms with E-state index < -0.39 is 0 Å². The van der Waals surface area contributed by atoms with Crippen molar-refractivity contribution in [2.45, 2.75) is 39.4 Å². The predicted octanol–water partition coefficient (Wildman–Crippen LogP) is 1.43. The average Bonchev–Trinajstić information content (AvgIpc) is 1.94. The van der Waals surface area contributed by atoms with E-state index in [-0.39, 0.29) is 6.10 Å². The standard InChI is InChI=1S/C9H18O2/c1-6(2)9-4-7(3)8(10)5-11-9/h6-10H,4-5H2,1-3H3/t7?,8-,9-/m1/s1. The van der Waals surface area contributed by atoms with Crippen LogP contribution in [0.5, 0.6) is 0 Å². The lowest BCUT2D eigenvalue weighted by Gasteiger charge is -2.33. The van der Waals surface area contributed by atoms with Gasteiger partial charge in [0.2, 0.25) is 0 Å². The fourth-order valence-electron chi connectivity index (χ4n) is 1.44. The van der Waals surface area contributed by atoms with Crippen LogP contribution in [-0.4, -0.2) is 23.9 Å². The number of aliphatic hydroxyl groups is 1. The Bertz CT molecular complexity index is 123. The van der Waals surface area contributed by atoms with Crippen molar-refractivity contribution >= 4 is 0 Å². The van der Waals surface area contributed by atoms with Gasteiger partial charge in [0.05, 0.1) is 18.8 Å². The van der Waals surface area contributed by atoms with Crippen molar-refractivity contribution in [1.82, 2.24) is 0 Å². The molecule has 2 nitrogen and oxygen atoms in total. The highest BCUT2D eigenvalue weighted by Gasteiger charge is 2.27. The summed E-state index contributed by atoms with van der Waals surface area (Å²) in [5, 5.41) is 9.35. The number of rotatable bonds is 1. The van der Waals surface area contributed by atoms with Crippen molar-refractivity contribution in [3.8, 4) is 0 Å². The van der Waals surface area contributed by atoms with Crippen molar-refractivity contribution < 1.29 is 9.84 Å².